The first-order valence-electron chi connectivity index (χ1n) is 10.2. The minimum atomic E-state index is -3.61. The molecule has 32 heavy (non-hydrogen) atoms. The third-order valence-electron chi connectivity index (χ3n) is 5.10. The van der Waals surface area contributed by atoms with Crippen molar-refractivity contribution in [1.82, 2.24) is 19.3 Å². The normalized spacial score (nSPS) is 12.6. The number of aromatic nitrogens is 3. The van der Waals surface area contributed by atoms with Gasteiger partial charge in [-0.25, -0.2) is 23.1 Å². The Hall–Kier alpha value is -3.56. The number of anilines is 1. The monoisotopic (exact) mass is 449 g/mol. The molecule has 1 unspecified atom stereocenters. The van der Waals surface area contributed by atoms with Crippen molar-refractivity contribution in [2.45, 2.75) is 31.2 Å². The predicted octanol–water partition coefficient (Wildman–Crippen LogP) is 3.75. The summed E-state index contributed by atoms with van der Waals surface area (Å²) in [7, 11) is -3.61. The van der Waals surface area contributed by atoms with Gasteiger partial charge in [-0.2, -0.15) is 0 Å². The van der Waals surface area contributed by atoms with Crippen LogP contribution in [0.25, 0.3) is 16.9 Å². The number of para-hydroxylation sites is 2. The summed E-state index contributed by atoms with van der Waals surface area (Å²) in [5.41, 5.74) is 2.68. The zero-order valence-electron chi connectivity index (χ0n) is 17.7. The number of nitrogens with one attached hydrogen (secondary N) is 2. The first-order chi connectivity index (χ1) is 15.4. The summed E-state index contributed by atoms with van der Waals surface area (Å²) in [5.74, 6) is 0.325. The maximum Gasteiger partial charge on any atom is 0.255 e. The molecule has 2 heterocycles. The van der Waals surface area contributed by atoms with Crippen molar-refractivity contribution >= 4 is 32.7 Å². The van der Waals surface area contributed by atoms with Crippen molar-refractivity contribution in [2.75, 3.05) is 5.32 Å². The topological polar surface area (TPSA) is 106 Å². The van der Waals surface area contributed by atoms with Crippen LogP contribution >= 0.6 is 0 Å². The van der Waals surface area contributed by atoms with Crippen molar-refractivity contribution in [3.05, 3.63) is 78.8 Å². The second-order valence-electron chi connectivity index (χ2n) is 7.42. The van der Waals surface area contributed by atoms with Crippen molar-refractivity contribution in [3.63, 3.8) is 0 Å². The highest BCUT2D eigenvalue weighted by Crippen LogP contribution is 2.18. The minimum Gasteiger partial charge on any atom is -0.321 e. The molecule has 9 heteroatoms. The molecule has 2 aromatic heterocycles. The van der Waals surface area contributed by atoms with Gasteiger partial charge in [0.15, 0.2) is 0 Å². The number of sulfonamides is 1. The highest BCUT2D eigenvalue weighted by molar-refractivity contribution is 7.89. The van der Waals surface area contributed by atoms with E-state index in [4.69, 9.17) is 0 Å². The summed E-state index contributed by atoms with van der Waals surface area (Å²) in [6, 6.07) is 16.9. The van der Waals surface area contributed by atoms with Crippen LogP contribution in [-0.4, -0.2) is 34.9 Å². The smallest absolute Gasteiger partial charge is 0.255 e. The Bertz CT molecular complexity index is 1350. The Kier molecular flexibility index (Phi) is 6.02. The number of rotatable bonds is 7. The van der Waals surface area contributed by atoms with Crippen LogP contribution in [-0.2, 0) is 10.0 Å². The van der Waals surface area contributed by atoms with Crippen molar-refractivity contribution in [3.8, 4) is 5.82 Å². The third-order valence-corrected chi connectivity index (χ3v) is 6.71. The molecule has 0 aliphatic rings. The SMILES string of the molecule is CCC(C)NS(=O)(=O)c1ccc(C(=O)Nc2ccc(-n3cnc4ccccc43)nc2)cc1. The zero-order chi connectivity index (χ0) is 22.7. The molecule has 4 rings (SSSR count). The Balaban J connectivity index is 1.46. The molecular weight excluding hydrogens is 426 g/mol. The van der Waals surface area contributed by atoms with Gasteiger partial charge in [0.2, 0.25) is 10.0 Å². The summed E-state index contributed by atoms with van der Waals surface area (Å²) in [6.07, 6.45) is 3.96. The molecule has 0 radical (unpaired) electrons. The molecule has 1 amide bonds. The van der Waals surface area contributed by atoms with Gasteiger partial charge in [0.05, 0.1) is 27.8 Å². The minimum absolute atomic E-state index is 0.118. The first kappa shape index (κ1) is 21.7. The van der Waals surface area contributed by atoms with E-state index in [1.807, 2.05) is 35.8 Å². The number of hydrogen-bond donors (Lipinski definition) is 2. The van der Waals surface area contributed by atoms with E-state index < -0.39 is 10.0 Å². The average molecular weight is 450 g/mol. The summed E-state index contributed by atoms with van der Waals surface area (Å²) in [5, 5.41) is 2.78. The summed E-state index contributed by atoms with van der Waals surface area (Å²) >= 11 is 0. The van der Waals surface area contributed by atoms with Crippen LogP contribution in [0.3, 0.4) is 0 Å². The van der Waals surface area contributed by atoms with Crippen LogP contribution in [0, 0.1) is 0 Å². The van der Waals surface area contributed by atoms with Gasteiger partial charge >= 0.3 is 0 Å². The van der Waals surface area contributed by atoms with E-state index in [0.29, 0.717) is 23.5 Å². The van der Waals surface area contributed by atoms with Gasteiger partial charge in [-0.05, 0) is 61.9 Å². The predicted molar refractivity (Wildman–Crippen MR) is 123 cm³/mol. The lowest BCUT2D eigenvalue weighted by Crippen LogP contribution is -2.32. The van der Waals surface area contributed by atoms with E-state index in [0.717, 1.165) is 11.0 Å². The number of amides is 1. The molecule has 164 valence electrons. The number of hydrogen-bond acceptors (Lipinski definition) is 5. The highest BCUT2D eigenvalue weighted by Gasteiger charge is 2.17. The molecule has 0 aliphatic carbocycles. The van der Waals surface area contributed by atoms with Crippen LogP contribution in [0.4, 0.5) is 5.69 Å². The molecule has 8 nitrogen and oxygen atoms in total. The van der Waals surface area contributed by atoms with E-state index in [1.165, 1.54) is 24.3 Å². The Morgan fingerprint density at radius 2 is 1.78 bits per heavy atom. The molecule has 0 fully saturated rings. The quantitative estimate of drug-likeness (QED) is 0.447. The molecule has 4 aromatic rings. The summed E-state index contributed by atoms with van der Waals surface area (Å²) < 4.78 is 29.2. The maximum atomic E-state index is 12.6. The second kappa shape index (κ2) is 8.89. The van der Waals surface area contributed by atoms with Gasteiger partial charge in [0, 0.05) is 11.6 Å². The number of pyridine rings is 1. The van der Waals surface area contributed by atoms with E-state index in [-0.39, 0.29) is 16.8 Å². The van der Waals surface area contributed by atoms with Gasteiger partial charge in [-0.3, -0.25) is 9.36 Å². The van der Waals surface area contributed by atoms with Gasteiger partial charge in [0.1, 0.15) is 12.1 Å². The number of benzene rings is 2. The summed E-state index contributed by atoms with van der Waals surface area (Å²) in [4.78, 5) is 21.5. The third kappa shape index (κ3) is 4.53. The Morgan fingerprint density at radius 1 is 1.03 bits per heavy atom. The van der Waals surface area contributed by atoms with Crippen molar-refractivity contribution in [1.29, 1.82) is 0 Å². The van der Waals surface area contributed by atoms with Gasteiger partial charge in [0.25, 0.3) is 5.91 Å². The number of imidazole rings is 1. The van der Waals surface area contributed by atoms with Crippen molar-refractivity contribution in [2.24, 2.45) is 0 Å². The Morgan fingerprint density at radius 3 is 2.47 bits per heavy atom. The average Bonchev–Trinajstić information content (AvgIpc) is 3.23. The zero-order valence-corrected chi connectivity index (χ0v) is 18.5. The number of carbonyl (C=O) groups excluding carboxylic acids is 1. The lowest BCUT2D eigenvalue weighted by atomic mass is 10.2. The van der Waals surface area contributed by atoms with Crippen LogP contribution in [0.2, 0.25) is 0 Å². The standard InChI is InChI=1S/C23H23N5O3S/c1-3-16(2)27-32(30,31)19-11-8-17(9-12-19)23(29)26-18-10-13-22(24-14-18)28-15-25-20-6-4-5-7-21(20)28/h4-16,27H,3H2,1-2H3,(H,26,29). The summed E-state index contributed by atoms with van der Waals surface area (Å²) in [6.45, 7) is 3.70. The van der Waals surface area contributed by atoms with Gasteiger partial charge in [-0.15, -0.1) is 0 Å². The molecule has 0 bridgehead atoms. The fourth-order valence-electron chi connectivity index (χ4n) is 3.15. The fourth-order valence-corrected chi connectivity index (χ4v) is 4.48. The lowest BCUT2D eigenvalue weighted by Gasteiger charge is -2.12. The molecule has 0 saturated heterocycles. The molecule has 0 saturated carbocycles. The molecule has 0 spiro atoms. The second-order valence-corrected chi connectivity index (χ2v) is 9.13. The highest BCUT2D eigenvalue weighted by atomic mass is 32.2. The molecular formula is C23H23N5O3S. The van der Waals surface area contributed by atoms with E-state index in [1.54, 1.807) is 31.6 Å². The maximum absolute atomic E-state index is 12.6. The lowest BCUT2D eigenvalue weighted by molar-refractivity contribution is 0.102. The van der Waals surface area contributed by atoms with Crippen LogP contribution in [0.5, 0.6) is 0 Å². The molecule has 2 N–H and O–H groups in total. The van der Waals surface area contributed by atoms with Gasteiger partial charge in [-0.1, -0.05) is 19.1 Å². The molecule has 1 atom stereocenters. The van der Waals surface area contributed by atoms with E-state index in [2.05, 4.69) is 20.0 Å². The van der Waals surface area contributed by atoms with Crippen LogP contribution in [0.15, 0.2) is 78.1 Å². The van der Waals surface area contributed by atoms with Crippen LogP contribution < -0.4 is 10.0 Å². The van der Waals surface area contributed by atoms with Crippen LogP contribution in [0.1, 0.15) is 30.6 Å². The Labute approximate surface area is 186 Å². The van der Waals surface area contributed by atoms with Gasteiger partial charge < -0.3 is 5.32 Å². The number of fused-ring (bicyclic) bond motifs is 1. The number of nitrogens with zero attached hydrogens (tertiary/aromatic N) is 3. The number of carbonyl (C=O) groups is 1. The van der Waals surface area contributed by atoms with E-state index in [9.17, 15) is 13.2 Å². The fraction of sp³-hybridized carbons (Fsp3) is 0.174. The molecule has 0 aliphatic heterocycles. The van der Waals surface area contributed by atoms with E-state index >= 15 is 0 Å². The van der Waals surface area contributed by atoms with Crippen molar-refractivity contribution < 1.29 is 13.2 Å². The molecule has 2 aromatic carbocycles. The largest absolute Gasteiger partial charge is 0.321 e. The first-order valence-corrected chi connectivity index (χ1v) is 11.7.